The predicted molar refractivity (Wildman–Crippen MR) is 113 cm³/mol. The van der Waals surface area contributed by atoms with Crippen LogP contribution < -0.4 is 10.2 Å². The number of imidazole rings is 1. The second-order valence-electron chi connectivity index (χ2n) is 7.22. The summed E-state index contributed by atoms with van der Waals surface area (Å²) in [7, 11) is 0. The molecule has 1 N–H and O–H groups in total. The highest BCUT2D eigenvalue weighted by molar-refractivity contribution is 5.86. The van der Waals surface area contributed by atoms with Gasteiger partial charge in [0, 0.05) is 50.5 Å². The van der Waals surface area contributed by atoms with Gasteiger partial charge in [0.25, 0.3) is 0 Å². The normalized spacial score (nSPS) is 16.3. The number of aryl methyl sites for hydroxylation is 2. The zero-order valence-electron chi connectivity index (χ0n) is 16.9. The van der Waals surface area contributed by atoms with Gasteiger partial charge in [0.1, 0.15) is 18.0 Å². The number of hydrogen-bond acceptors (Lipinski definition) is 9. The number of hydrogen-bond donors (Lipinski definition) is 1. The molecule has 5 heterocycles. The summed E-state index contributed by atoms with van der Waals surface area (Å²) in [6.07, 6.45) is 9.68. The van der Waals surface area contributed by atoms with Crippen LogP contribution in [0.3, 0.4) is 0 Å². The van der Waals surface area contributed by atoms with Gasteiger partial charge in [-0.2, -0.15) is 0 Å². The molecular weight excluding hydrogens is 380 g/mol. The number of rotatable bonds is 5. The first-order valence-electron chi connectivity index (χ1n) is 10.0. The molecule has 4 aromatic rings. The maximum absolute atomic E-state index is 4.86. The maximum Gasteiger partial charge on any atom is 0.225 e. The van der Waals surface area contributed by atoms with Crippen LogP contribution in [0.4, 0.5) is 11.8 Å². The standard InChI is InChI=1S/C20H22N10/c1-3-30-18(14-9-23-13(2)24-10-14)28-16-17(25-12-26-19(16)30)27-15-5-8-29(11-15)20-21-6-4-7-22-20/h4,6-7,9-10,12,15H,3,5,8,11H2,1-2H3,(H,25,26,27). The van der Waals surface area contributed by atoms with Crippen LogP contribution in [0.15, 0.2) is 37.2 Å². The third-order valence-electron chi connectivity index (χ3n) is 5.25. The summed E-state index contributed by atoms with van der Waals surface area (Å²) in [6, 6.07) is 2.05. The van der Waals surface area contributed by atoms with Crippen LogP contribution in [0.5, 0.6) is 0 Å². The molecule has 1 aliphatic rings. The van der Waals surface area contributed by atoms with E-state index in [9.17, 15) is 0 Å². The van der Waals surface area contributed by atoms with Crippen LogP contribution in [0, 0.1) is 6.92 Å². The monoisotopic (exact) mass is 402 g/mol. The van der Waals surface area contributed by atoms with Crippen molar-refractivity contribution in [3.05, 3.63) is 43.0 Å². The Labute approximate surface area is 173 Å². The second kappa shape index (κ2) is 7.62. The van der Waals surface area contributed by atoms with Gasteiger partial charge in [-0.1, -0.05) is 0 Å². The van der Waals surface area contributed by atoms with Gasteiger partial charge >= 0.3 is 0 Å². The van der Waals surface area contributed by atoms with Crippen molar-refractivity contribution in [3.63, 3.8) is 0 Å². The molecule has 1 fully saturated rings. The fourth-order valence-corrected chi connectivity index (χ4v) is 3.78. The molecule has 30 heavy (non-hydrogen) atoms. The molecule has 0 aromatic carbocycles. The lowest BCUT2D eigenvalue weighted by Crippen LogP contribution is -2.27. The van der Waals surface area contributed by atoms with E-state index >= 15 is 0 Å². The number of aromatic nitrogens is 8. The van der Waals surface area contributed by atoms with Crippen LogP contribution >= 0.6 is 0 Å². The highest BCUT2D eigenvalue weighted by atomic mass is 15.3. The summed E-state index contributed by atoms with van der Waals surface area (Å²) in [5, 5.41) is 3.55. The quantitative estimate of drug-likeness (QED) is 0.536. The van der Waals surface area contributed by atoms with Crippen LogP contribution in [-0.4, -0.2) is 58.6 Å². The van der Waals surface area contributed by atoms with Gasteiger partial charge in [0.05, 0.1) is 5.56 Å². The van der Waals surface area contributed by atoms with Crippen molar-refractivity contribution in [2.75, 3.05) is 23.3 Å². The lowest BCUT2D eigenvalue weighted by atomic mass is 10.2. The highest BCUT2D eigenvalue weighted by Crippen LogP contribution is 2.27. The Morgan fingerprint density at radius 2 is 1.87 bits per heavy atom. The topological polar surface area (TPSA) is 110 Å². The Bertz CT molecular complexity index is 1160. The van der Waals surface area contributed by atoms with Crippen LogP contribution in [0.2, 0.25) is 0 Å². The first-order valence-corrected chi connectivity index (χ1v) is 10.0. The maximum atomic E-state index is 4.86. The number of anilines is 2. The molecule has 0 amide bonds. The summed E-state index contributed by atoms with van der Waals surface area (Å²) >= 11 is 0. The SMILES string of the molecule is CCn1c(-c2cnc(C)nc2)nc2c(NC3CCN(c4ncccn4)C3)ncnc21. The third kappa shape index (κ3) is 3.30. The van der Waals surface area contributed by atoms with Gasteiger partial charge in [-0.25, -0.2) is 34.9 Å². The van der Waals surface area contributed by atoms with E-state index in [1.54, 1.807) is 31.1 Å². The largest absolute Gasteiger partial charge is 0.364 e. The van der Waals surface area contributed by atoms with E-state index < -0.39 is 0 Å². The van der Waals surface area contributed by atoms with Crippen LogP contribution in [-0.2, 0) is 6.54 Å². The lowest BCUT2D eigenvalue weighted by molar-refractivity contribution is 0.783. The Hall–Kier alpha value is -3.69. The summed E-state index contributed by atoms with van der Waals surface area (Å²) in [5.74, 6) is 3.02. The van der Waals surface area contributed by atoms with E-state index in [1.807, 2.05) is 13.0 Å². The predicted octanol–water partition coefficient (Wildman–Crippen LogP) is 2.09. The molecule has 0 spiro atoms. The van der Waals surface area contributed by atoms with Gasteiger partial charge in [-0.05, 0) is 26.3 Å². The lowest BCUT2D eigenvalue weighted by Gasteiger charge is -2.16. The molecule has 5 rings (SSSR count). The molecule has 1 atom stereocenters. The third-order valence-corrected chi connectivity index (χ3v) is 5.25. The summed E-state index contributed by atoms with van der Waals surface area (Å²) in [5.41, 5.74) is 2.41. The molecule has 1 unspecified atom stereocenters. The number of nitrogens with zero attached hydrogens (tertiary/aromatic N) is 9. The summed E-state index contributed by atoms with van der Waals surface area (Å²) in [4.78, 5) is 33.3. The summed E-state index contributed by atoms with van der Waals surface area (Å²) < 4.78 is 2.06. The van der Waals surface area contributed by atoms with E-state index in [4.69, 9.17) is 4.98 Å². The molecule has 10 nitrogen and oxygen atoms in total. The first-order chi connectivity index (χ1) is 14.7. The van der Waals surface area contributed by atoms with Crippen LogP contribution in [0.25, 0.3) is 22.6 Å². The highest BCUT2D eigenvalue weighted by Gasteiger charge is 2.26. The fraction of sp³-hybridized carbons (Fsp3) is 0.350. The van der Waals surface area contributed by atoms with Crippen molar-refractivity contribution < 1.29 is 0 Å². The molecule has 0 bridgehead atoms. The van der Waals surface area contributed by atoms with E-state index in [1.165, 1.54) is 0 Å². The zero-order chi connectivity index (χ0) is 20.5. The Morgan fingerprint density at radius 3 is 2.63 bits per heavy atom. The van der Waals surface area contributed by atoms with Gasteiger partial charge in [-0.3, -0.25) is 0 Å². The van der Waals surface area contributed by atoms with E-state index in [-0.39, 0.29) is 6.04 Å². The summed E-state index contributed by atoms with van der Waals surface area (Å²) in [6.45, 7) is 6.38. The fourth-order valence-electron chi connectivity index (χ4n) is 3.78. The first kappa shape index (κ1) is 18.3. The second-order valence-corrected chi connectivity index (χ2v) is 7.22. The van der Waals surface area contributed by atoms with Crippen molar-refractivity contribution in [2.45, 2.75) is 32.9 Å². The van der Waals surface area contributed by atoms with E-state index in [0.29, 0.717) is 0 Å². The minimum absolute atomic E-state index is 0.227. The molecular formula is C20H22N10. The van der Waals surface area contributed by atoms with Crippen molar-refractivity contribution in [2.24, 2.45) is 0 Å². The average Bonchev–Trinajstić information content (AvgIpc) is 3.40. The molecule has 10 heteroatoms. The zero-order valence-corrected chi connectivity index (χ0v) is 16.9. The van der Waals surface area contributed by atoms with Crippen molar-refractivity contribution in [1.29, 1.82) is 0 Å². The van der Waals surface area contributed by atoms with Crippen molar-refractivity contribution in [3.8, 4) is 11.4 Å². The van der Waals surface area contributed by atoms with Gasteiger partial charge in [0.2, 0.25) is 5.95 Å². The molecule has 1 saturated heterocycles. The molecule has 1 aliphatic heterocycles. The Kier molecular flexibility index (Phi) is 4.66. The number of fused-ring (bicyclic) bond motifs is 1. The smallest absolute Gasteiger partial charge is 0.225 e. The minimum atomic E-state index is 0.227. The van der Waals surface area contributed by atoms with Crippen molar-refractivity contribution in [1.82, 2.24) is 39.5 Å². The minimum Gasteiger partial charge on any atom is -0.364 e. The van der Waals surface area contributed by atoms with E-state index in [2.05, 4.69) is 51.6 Å². The van der Waals surface area contributed by atoms with Crippen LogP contribution in [0.1, 0.15) is 19.2 Å². The van der Waals surface area contributed by atoms with E-state index in [0.717, 1.165) is 66.2 Å². The average molecular weight is 402 g/mol. The number of nitrogens with one attached hydrogen (secondary N) is 1. The van der Waals surface area contributed by atoms with Crippen molar-refractivity contribution >= 4 is 22.9 Å². The molecule has 0 saturated carbocycles. The Morgan fingerprint density at radius 1 is 1.07 bits per heavy atom. The molecule has 0 aliphatic carbocycles. The molecule has 152 valence electrons. The Balaban J connectivity index is 1.45. The molecule has 0 radical (unpaired) electrons. The van der Waals surface area contributed by atoms with Gasteiger partial charge in [-0.15, -0.1) is 0 Å². The molecule has 4 aromatic heterocycles. The van der Waals surface area contributed by atoms with Gasteiger partial charge in [0.15, 0.2) is 17.0 Å². The van der Waals surface area contributed by atoms with Gasteiger partial charge < -0.3 is 14.8 Å².